The van der Waals surface area contributed by atoms with E-state index in [0.717, 1.165) is 22.5 Å². The number of halogens is 4. The highest BCUT2D eigenvalue weighted by Gasteiger charge is 2.47. The van der Waals surface area contributed by atoms with E-state index in [9.17, 15) is 9.18 Å². The Morgan fingerprint density at radius 1 is 1.16 bits per heavy atom. The molecule has 0 radical (unpaired) electrons. The molecule has 1 aromatic heterocycles. The molecule has 1 fully saturated rings. The topological polar surface area (TPSA) is 67.0 Å². The van der Waals surface area contributed by atoms with E-state index in [0.29, 0.717) is 12.1 Å². The summed E-state index contributed by atoms with van der Waals surface area (Å²) in [6.07, 6.45) is 0.0481. The zero-order valence-corrected chi connectivity index (χ0v) is 25.0. The second kappa shape index (κ2) is 12.4. The van der Waals surface area contributed by atoms with Gasteiger partial charge in [0.05, 0.1) is 38.0 Å². The number of hydrogen-bond donors (Lipinski definition) is 1. The normalized spacial score (nSPS) is 20.0. The van der Waals surface area contributed by atoms with Gasteiger partial charge in [-0.15, -0.1) is 0 Å². The number of aromatic amines is 1. The molecule has 3 aromatic rings. The molecule has 0 unspecified atom stereocenters. The quantitative estimate of drug-likeness (QED) is 0.268. The van der Waals surface area contributed by atoms with Crippen molar-refractivity contribution < 1.29 is 36.6 Å². The minimum absolute atomic E-state index is 0.00415. The minimum atomic E-state index is -1.62. The van der Waals surface area contributed by atoms with Gasteiger partial charge in [0.2, 0.25) is 0 Å². The number of hydrogen-bond acceptors (Lipinski definition) is 5. The summed E-state index contributed by atoms with van der Waals surface area (Å²) >= 11 is 0. The molecule has 234 valence electrons. The number of carbonyl (C=O) groups is 1. The lowest BCUT2D eigenvalue weighted by Crippen LogP contribution is -2.57. The van der Waals surface area contributed by atoms with E-state index in [2.05, 4.69) is 4.98 Å². The fraction of sp³-hybridized carbons (Fsp3) is 0.531. The van der Waals surface area contributed by atoms with Crippen molar-refractivity contribution in [1.29, 1.82) is 0 Å². The van der Waals surface area contributed by atoms with Gasteiger partial charge in [-0.3, -0.25) is 9.29 Å². The minimum Gasteiger partial charge on any atom is -0.489 e. The van der Waals surface area contributed by atoms with E-state index in [1.54, 1.807) is 25.7 Å². The number of carbonyl (C=O) groups excluding carboxylic acids is 1. The Balaban J connectivity index is 1.46. The summed E-state index contributed by atoms with van der Waals surface area (Å²) in [6.45, 7) is 6.23. The van der Waals surface area contributed by atoms with Gasteiger partial charge in [0.1, 0.15) is 18.0 Å². The SMILES string of the molecule is C[C@@H]1Cc2c([nH]c3ccccc23)[C@@H](c2c(F)ccc(OCCN(CCCF)C(=O)OC(C)(C)C)c2F)N1CC1(F)COC1. The number of aromatic nitrogens is 1. The van der Waals surface area contributed by atoms with Gasteiger partial charge < -0.3 is 24.1 Å². The molecule has 2 aliphatic rings. The highest BCUT2D eigenvalue weighted by molar-refractivity contribution is 5.85. The number of fused-ring (bicyclic) bond motifs is 3. The van der Waals surface area contributed by atoms with Crippen LogP contribution in [0.3, 0.4) is 0 Å². The van der Waals surface area contributed by atoms with Crippen LogP contribution in [-0.4, -0.2) is 84.3 Å². The zero-order chi connectivity index (χ0) is 30.9. The number of amides is 1. The molecular weight excluding hydrogens is 566 g/mol. The molecular formula is C32H39F4N3O4. The standard InChI is InChI=1S/C32H39F4N3O4/c1-20-16-22-21-8-5-6-9-24(21)37-28(22)29(39(20)17-32(36)18-41-19-32)26-23(34)10-11-25(27(26)35)42-15-14-38(13-7-12-33)30(40)43-31(2,3)4/h5-6,8-11,20,29,37H,7,12-19H2,1-4H3/t20-,29-/m1/s1. The number of H-pyrrole nitrogens is 1. The number of para-hydroxylation sites is 1. The van der Waals surface area contributed by atoms with Gasteiger partial charge in [-0.1, -0.05) is 18.2 Å². The van der Waals surface area contributed by atoms with Crippen LogP contribution in [0.15, 0.2) is 36.4 Å². The smallest absolute Gasteiger partial charge is 0.410 e. The Kier molecular flexibility index (Phi) is 8.94. The highest BCUT2D eigenvalue weighted by atomic mass is 19.1. The van der Waals surface area contributed by atoms with Gasteiger partial charge in [-0.25, -0.2) is 18.0 Å². The average Bonchev–Trinajstić information content (AvgIpc) is 3.29. The summed E-state index contributed by atoms with van der Waals surface area (Å²) < 4.78 is 76.6. The van der Waals surface area contributed by atoms with Crippen LogP contribution in [0.2, 0.25) is 0 Å². The van der Waals surface area contributed by atoms with Gasteiger partial charge in [0.25, 0.3) is 0 Å². The fourth-order valence-corrected chi connectivity index (χ4v) is 5.86. The molecule has 1 amide bonds. The molecule has 0 aliphatic carbocycles. The second-order valence-corrected chi connectivity index (χ2v) is 12.5. The van der Waals surface area contributed by atoms with Crippen molar-refractivity contribution in [1.82, 2.24) is 14.8 Å². The number of alkyl halides is 2. The predicted molar refractivity (Wildman–Crippen MR) is 155 cm³/mol. The lowest BCUT2D eigenvalue weighted by Gasteiger charge is -2.46. The number of benzene rings is 2. The van der Waals surface area contributed by atoms with Gasteiger partial charge in [-0.2, -0.15) is 0 Å². The molecule has 2 aliphatic heterocycles. The summed E-state index contributed by atoms with van der Waals surface area (Å²) in [5, 5.41) is 0.958. The lowest BCUT2D eigenvalue weighted by atomic mass is 9.86. The summed E-state index contributed by atoms with van der Waals surface area (Å²) in [6, 6.07) is 8.82. The summed E-state index contributed by atoms with van der Waals surface area (Å²) in [5.41, 5.74) is -0.243. The van der Waals surface area contributed by atoms with E-state index in [1.165, 1.54) is 11.0 Å². The van der Waals surface area contributed by atoms with Gasteiger partial charge in [0.15, 0.2) is 17.2 Å². The van der Waals surface area contributed by atoms with E-state index >= 15 is 13.2 Å². The van der Waals surface area contributed by atoms with Crippen LogP contribution < -0.4 is 4.74 Å². The molecule has 0 bridgehead atoms. The first kappa shape index (κ1) is 31.1. The molecule has 0 spiro atoms. The Hall–Kier alpha value is -3.31. The Morgan fingerprint density at radius 2 is 1.91 bits per heavy atom. The third-order valence-electron chi connectivity index (χ3n) is 7.90. The molecule has 2 atom stereocenters. The van der Waals surface area contributed by atoms with Gasteiger partial charge in [0, 0.05) is 35.7 Å². The fourth-order valence-electron chi connectivity index (χ4n) is 5.86. The van der Waals surface area contributed by atoms with Crippen molar-refractivity contribution in [2.24, 2.45) is 0 Å². The van der Waals surface area contributed by atoms with Crippen molar-refractivity contribution in [3.8, 4) is 5.75 Å². The molecule has 0 saturated carbocycles. The molecule has 11 heteroatoms. The number of rotatable bonds is 10. The number of nitrogens with one attached hydrogen (secondary N) is 1. The first-order chi connectivity index (χ1) is 20.4. The van der Waals surface area contributed by atoms with Crippen LogP contribution in [0, 0.1) is 11.6 Å². The van der Waals surface area contributed by atoms with Crippen molar-refractivity contribution in [2.45, 2.75) is 63.9 Å². The average molecular weight is 606 g/mol. The number of nitrogens with zero attached hydrogens (tertiary/aromatic N) is 2. The number of ether oxygens (including phenoxy) is 3. The van der Waals surface area contributed by atoms with E-state index in [-0.39, 0.29) is 63.2 Å². The van der Waals surface area contributed by atoms with E-state index in [4.69, 9.17) is 14.2 Å². The third kappa shape index (κ3) is 6.62. The second-order valence-electron chi connectivity index (χ2n) is 12.5. The first-order valence-corrected chi connectivity index (χ1v) is 14.7. The van der Waals surface area contributed by atoms with E-state index < -0.39 is 41.7 Å². The van der Waals surface area contributed by atoms with Crippen molar-refractivity contribution >= 4 is 17.0 Å². The molecule has 5 rings (SSSR count). The van der Waals surface area contributed by atoms with Crippen molar-refractivity contribution in [3.05, 3.63) is 64.9 Å². The van der Waals surface area contributed by atoms with E-state index in [1.807, 2.05) is 31.2 Å². The molecule has 7 nitrogen and oxygen atoms in total. The highest BCUT2D eigenvalue weighted by Crippen LogP contribution is 2.45. The molecule has 1 N–H and O–H groups in total. The summed E-state index contributed by atoms with van der Waals surface area (Å²) in [4.78, 5) is 19.1. The summed E-state index contributed by atoms with van der Waals surface area (Å²) in [7, 11) is 0. The van der Waals surface area contributed by atoms with Crippen LogP contribution in [-0.2, 0) is 15.9 Å². The maximum atomic E-state index is 16.3. The molecule has 2 aromatic carbocycles. The van der Waals surface area contributed by atoms with Crippen LogP contribution in [0.5, 0.6) is 5.75 Å². The first-order valence-electron chi connectivity index (χ1n) is 14.7. The Labute approximate surface area is 249 Å². The van der Waals surface area contributed by atoms with Gasteiger partial charge >= 0.3 is 6.09 Å². The van der Waals surface area contributed by atoms with Crippen molar-refractivity contribution in [3.63, 3.8) is 0 Å². The Morgan fingerprint density at radius 3 is 2.58 bits per heavy atom. The third-order valence-corrected chi connectivity index (χ3v) is 7.90. The molecule has 1 saturated heterocycles. The maximum absolute atomic E-state index is 16.3. The van der Waals surface area contributed by atoms with Crippen LogP contribution in [0.4, 0.5) is 22.4 Å². The summed E-state index contributed by atoms with van der Waals surface area (Å²) in [5.74, 6) is -1.89. The van der Waals surface area contributed by atoms with Crippen LogP contribution in [0.25, 0.3) is 10.9 Å². The predicted octanol–water partition coefficient (Wildman–Crippen LogP) is 6.50. The van der Waals surface area contributed by atoms with Crippen LogP contribution in [0.1, 0.15) is 57.0 Å². The lowest BCUT2D eigenvalue weighted by molar-refractivity contribution is -0.148. The van der Waals surface area contributed by atoms with Crippen LogP contribution >= 0.6 is 0 Å². The van der Waals surface area contributed by atoms with Gasteiger partial charge in [-0.05, 0) is 64.3 Å². The monoisotopic (exact) mass is 605 g/mol. The molecule has 3 heterocycles. The molecule has 43 heavy (non-hydrogen) atoms. The zero-order valence-electron chi connectivity index (χ0n) is 25.0. The van der Waals surface area contributed by atoms with Crippen molar-refractivity contribution in [2.75, 3.05) is 46.1 Å². The maximum Gasteiger partial charge on any atom is 0.410 e. The largest absolute Gasteiger partial charge is 0.489 e. The Bertz CT molecular complexity index is 1450.